The third-order valence-electron chi connectivity index (χ3n) is 2.39. The van der Waals surface area contributed by atoms with Crippen LogP contribution in [0.25, 0.3) is 0 Å². The molecule has 1 heterocycles. The predicted octanol–water partition coefficient (Wildman–Crippen LogP) is 1.63. The smallest absolute Gasteiger partial charge is 0.306 e. The van der Waals surface area contributed by atoms with Gasteiger partial charge in [-0.25, -0.2) is 0 Å². The van der Waals surface area contributed by atoms with Gasteiger partial charge in [-0.3, -0.25) is 4.79 Å². The maximum absolute atomic E-state index is 10.9. The maximum Gasteiger partial charge on any atom is 0.306 e. The standard InChI is InChI=1S/C10H18O3/c11-8-3-1-2-5-9-6-4-7-10(12)13-9/h9,11H,1-8H2. The SMILES string of the molecule is O=C1CCCC(CCCCCO)O1. The first-order valence-corrected chi connectivity index (χ1v) is 5.13. The van der Waals surface area contributed by atoms with Crippen LogP contribution in [0.4, 0.5) is 0 Å². The number of aliphatic hydroxyl groups is 1. The second-order valence-corrected chi connectivity index (χ2v) is 3.58. The molecule has 1 saturated heterocycles. The molecule has 0 aromatic rings. The molecule has 0 radical (unpaired) electrons. The molecule has 1 unspecified atom stereocenters. The van der Waals surface area contributed by atoms with Crippen molar-refractivity contribution in [3.05, 3.63) is 0 Å². The van der Waals surface area contributed by atoms with Gasteiger partial charge in [0.2, 0.25) is 0 Å². The van der Waals surface area contributed by atoms with Gasteiger partial charge >= 0.3 is 5.97 Å². The summed E-state index contributed by atoms with van der Waals surface area (Å²) in [5.41, 5.74) is 0. The molecule has 1 aliphatic rings. The number of ether oxygens (including phenoxy) is 1. The summed E-state index contributed by atoms with van der Waals surface area (Å²) in [5, 5.41) is 8.56. The van der Waals surface area contributed by atoms with E-state index in [-0.39, 0.29) is 18.7 Å². The van der Waals surface area contributed by atoms with Crippen LogP contribution in [0.1, 0.15) is 44.9 Å². The lowest BCUT2D eigenvalue weighted by Crippen LogP contribution is -2.23. The van der Waals surface area contributed by atoms with E-state index in [1.54, 1.807) is 0 Å². The van der Waals surface area contributed by atoms with Crippen LogP contribution in [-0.2, 0) is 9.53 Å². The Morgan fingerprint density at radius 1 is 1.38 bits per heavy atom. The summed E-state index contributed by atoms with van der Waals surface area (Å²) in [6.45, 7) is 0.268. The average Bonchev–Trinajstić information content (AvgIpc) is 2.13. The van der Waals surface area contributed by atoms with Crippen LogP contribution in [0.2, 0.25) is 0 Å². The molecule has 76 valence electrons. The quantitative estimate of drug-likeness (QED) is 0.524. The summed E-state index contributed by atoms with van der Waals surface area (Å²) >= 11 is 0. The normalized spacial score (nSPS) is 22.8. The average molecular weight is 186 g/mol. The third kappa shape index (κ3) is 4.27. The van der Waals surface area contributed by atoms with E-state index >= 15 is 0 Å². The van der Waals surface area contributed by atoms with Crippen molar-refractivity contribution < 1.29 is 14.6 Å². The highest BCUT2D eigenvalue weighted by molar-refractivity contribution is 5.70. The first kappa shape index (κ1) is 10.5. The zero-order valence-electron chi connectivity index (χ0n) is 8.00. The van der Waals surface area contributed by atoms with Gasteiger partial charge in [0, 0.05) is 13.0 Å². The molecule has 0 spiro atoms. The molecule has 1 rings (SSSR count). The van der Waals surface area contributed by atoms with Gasteiger partial charge in [-0.1, -0.05) is 6.42 Å². The Morgan fingerprint density at radius 3 is 2.92 bits per heavy atom. The second-order valence-electron chi connectivity index (χ2n) is 3.58. The second kappa shape index (κ2) is 5.97. The van der Waals surface area contributed by atoms with Crippen molar-refractivity contribution in [1.82, 2.24) is 0 Å². The van der Waals surface area contributed by atoms with Gasteiger partial charge in [-0.05, 0) is 32.1 Å². The minimum absolute atomic E-state index is 0.0431. The highest BCUT2D eigenvalue weighted by atomic mass is 16.5. The number of carbonyl (C=O) groups excluding carboxylic acids is 1. The molecule has 0 amide bonds. The van der Waals surface area contributed by atoms with Gasteiger partial charge < -0.3 is 9.84 Å². The van der Waals surface area contributed by atoms with Crippen LogP contribution < -0.4 is 0 Å². The summed E-state index contributed by atoms with van der Waals surface area (Å²) in [5.74, 6) is -0.0431. The van der Waals surface area contributed by atoms with Gasteiger partial charge in [0.25, 0.3) is 0 Å². The minimum Gasteiger partial charge on any atom is -0.462 e. The lowest BCUT2D eigenvalue weighted by molar-refractivity contribution is -0.154. The molecule has 1 fully saturated rings. The number of cyclic esters (lactones) is 1. The molecule has 1 N–H and O–H groups in total. The van der Waals surface area contributed by atoms with Crippen LogP contribution in [0.5, 0.6) is 0 Å². The Balaban J connectivity index is 2.03. The van der Waals surface area contributed by atoms with Crippen LogP contribution in [-0.4, -0.2) is 23.8 Å². The summed E-state index contributed by atoms with van der Waals surface area (Å²) in [7, 11) is 0. The Morgan fingerprint density at radius 2 is 2.23 bits per heavy atom. The Kier molecular flexibility index (Phi) is 4.83. The Bertz CT molecular complexity index is 156. The highest BCUT2D eigenvalue weighted by Crippen LogP contribution is 2.18. The monoisotopic (exact) mass is 186 g/mol. The molecule has 0 aromatic heterocycles. The number of rotatable bonds is 5. The first-order chi connectivity index (χ1) is 6.33. The topological polar surface area (TPSA) is 46.5 Å². The number of unbranched alkanes of at least 4 members (excludes halogenated alkanes) is 2. The van der Waals surface area contributed by atoms with Crippen molar-refractivity contribution in [2.45, 2.75) is 51.0 Å². The van der Waals surface area contributed by atoms with E-state index in [4.69, 9.17) is 9.84 Å². The molecule has 0 aromatic carbocycles. The van der Waals surface area contributed by atoms with Crippen LogP contribution >= 0.6 is 0 Å². The van der Waals surface area contributed by atoms with E-state index in [9.17, 15) is 4.79 Å². The van der Waals surface area contributed by atoms with Crippen LogP contribution in [0.15, 0.2) is 0 Å². The summed E-state index contributed by atoms with van der Waals surface area (Å²) < 4.78 is 5.17. The van der Waals surface area contributed by atoms with E-state index in [2.05, 4.69) is 0 Å². The van der Waals surface area contributed by atoms with Crippen molar-refractivity contribution in [2.75, 3.05) is 6.61 Å². The number of hydrogen-bond acceptors (Lipinski definition) is 3. The fraction of sp³-hybridized carbons (Fsp3) is 0.900. The van der Waals surface area contributed by atoms with Crippen molar-refractivity contribution in [3.8, 4) is 0 Å². The highest BCUT2D eigenvalue weighted by Gasteiger charge is 2.19. The summed E-state index contributed by atoms with van der Waals surface area (Å²) in [4.78, 5) is 10.9. The molecule has 0 saturated carbocycles. The van der Waals surface area contributed by atoms with Gasteiger partial charge in [0.05, 0.1) is 0 Å². The Hall–Kier alpha value is -0.570. The van der Waals surface area contributed by atoms with Gasteiger partial charge in [-0.2, -0.15) is 0 Å². The molecule has 1 atom stereocenters. The van der Waals surface area contributed by atoms with Gasteiger partial charge in [0.15, 0.2) is 0 Å². The summed E-state index contributed by atoms with van der Waals surface area (Å²) in [6.07, 6.45) is 6.65. The van der Waals surface area contributed by atoms with Gasteiger partial charge in [-0.15, -0.1) is 0 Å². The van der Waals surface area contributed by atoms with Gasteiger partial charge in [0.1, 0.15) is 6.10 Å². The van der Waals surface area contributed by atoms with Crippen molar-refractivity contribution in [1.29, 1.82) is 0 Å². The molecular weight excluding hydrogens is 168 g/mol. The van der Waals surface area contributed by atoms with E-state index in [0.717, 1.165) is 38.5 Å². The fourth-order valence-corrected chi connectivity index (χ4v) is 1.64. The minimum atomic E-state index is -0.0431. The molecule has 3 nitrogen and oxygen atoms in total. The summed E-state index contributed by atoms with van der Waals surface area (Å²) in [6, 6.07) is 0. The zero-order chi connectivity index (χ0) is 9.52. The third-order valence-corrected chi connectivity index (χ3v) is 2.39. The first-order valence-electron chi connectivity index (χ1n) is 5.13. The molecule has 0 bridgehead atoms. The van der Waals surface area contributed by atoms with Crippen LogP contribution in [0.3, 0.4) is 0 Å². The van der Waals surface area contributed by atoms with E-state index in [1.807, 2.05) is 0 Å². The van der Waals surface area contributed by atoms with E-state index < -0.39 is 0 Å². The fourth-order valence-electron chi connectivity index (χ4n) is 1.64. The largest absolute Gasteiger partial charge is 0.462 e. The number of hydrogen-bond donors (Lipinski definition) is 1. The van der Waals surface area contributed by atoms with Crippen molar-refractivity contribution in [2.24, 2.45) is 0 Å². The number of aliphatic hydroxyl groups excluding tert-OH is 1. The van der Waals surface area contributed by atoms with E-state index in [0.29, 0.717) is 6.42 Å². The zero-order valence-corrected chi connectivity index (χ0v) is 8.00. The molecular formula is C10H18O3. The number of esters is 1. The van der Waals surface area contributed by atoms with E-state index in [1.165, 1.54) is 0 Å². The number of carbonyl (C=O) groups is 1. The molecule has 3 heteroatoms. The molecule has 1 aliphatic heterocycles. The Labute approximate surface area is 79.1 Å². The van der Waals surface area contributed by atoms with Crippen molar-refractivity contribution in [3.63, 3.8) is 0 Å². The van der Waals surface area contributed by atoms with Crippen molar-refractivity contribution >= 4 is 5.97 Å². The lowest BCUT2D eigenvalue weighted by atomic mass is 10.0. The maximum atomic E-state index is 10.9. The lowest BCUT2D eigenvalue weighted by Gasteiger charge is -2.21. The molecule has 0 aliphatic carbocycles. The molecule has 13 heavy (non-hydrogen) atoms. The van der Waals surface area contributed by atoms with Crippen LogP contribution in [0, 0.1) is 0 Å². The predicted molar refractivity (Wildman–Crippen MR) is 49.3 cm³/mol.